The largest absolute Gasteiger partial charge is 0.497 e. The first-order chi connectivity index (χ1) is 14.0. The molecule has 2 N–H and O–H groups in total. The molecule has 2 aromatic carbocycles. The molecule has 148 valence electrons. The second-order valence-electron chi connectivity index (χ2n) is 6.66. The van der Waals surface area contributed by atoms with Crippen LogP contribution in [-0.4, -0.2) is 31.2 Å². The van der Waals surface area contributed by atoms with E-state index in [9.17, 15) is 14.7 Å². The Morgan fingerprint density at radius 1 is 1.03 bits per heavy atom. The number of aromatic carboxylic acids is 1. The molecule has 6 nitrogen and oxygen atoms in total. The molecule has 0 unspecified atom stereocenters. The molecule has 3 aromatic rings. The van der Waals surface area contributed by atoms with Crippen molar-refractivity contribution in [2.45, 2.75) is 12.3 Å². The lowest BCUT2D eigenvalue weighted by atomic mass is 9.88. The van der Waals surface area contributed by atoms with E-state index < -0.39 is 5.97 Å². The summed E-state index contributed by atoms with van der Waals surface area (Å²) in [6.45, 7) is 0. The zero-order valence-electron chi connectivity index (χ0n) is 15.9. The van der Waals surface area contributed by atoms with Crippen molar-refractivity contribution in [3.05, 3.63) is 63.8 Å². The number of benzene rings is 2. The molecule has 0 fully saturated rings. The monoisotopic (exact) mass is 409 g/mol. The fourth-order valence-corrected chi connectivity index (χ4v) is 4.82. The van der Waals surface area contributed by atoms with Crippen molar-refractivity contribution in [3.63, 3.8) is 0 Å². The quantitative estimate of drug-likeness (QED) is 0.643. The SMILES string of the molecule is COc1ccc(-c2c(C(=O)O)sc3c2NC(=O)C[C@H]3c2ccc(OC)cc2)cc1. The zero-order chi connectivity index (χ0) is 20.5. The van der Waals surface area contributed by atoms with Crippen molar-refractivity contribution < 1.29 is 24.2 Å². The number of carboxylic acids is 1. The first-order valence-electron chi connectivity index (χ1n) is 9.00. The lowest BCUT2D eigenvalue weighted by Crippen LogP contribution is -2.22. The number of ether oxygens (including phenoxy) is 2. The van der Waals surface area contributed by atoms with E-state index in [1.54, 1.807) is 38.5 Å². The lowest BCUT2D eigenvalue weighted by Gasteiger charge is -2.24. The minimum absolute atomic E-state index is 0.136. The highest BCUT2D eigenvalue weighted by Gasteiger charge is 2.34. The van der Waals surface area contributed by atoms with Gasteiger partial charge in [-0.25, -0.2) is 4.79 Å². The van der Waals surface area contributed by atoms with Crippen molar-refractivity contribution in [3.8, 4) is 22.6 Å². The van der Waals surface area contributed by atoms with E-state index in [0.29, 0.717) is 17.0 Å². The summed E-state index contributed by atoms with van der Waals surface area (Å²) in [6, 6.07) is 14.7. The molecule has 0 spiro atoms. The van der Waals surface area contributed by atoms with E-state index in [2.05, 4.69) is 5.32 Å². The summed E-state index contributed by atoms with van der Waals surface area (Å²) < 4.78 is 10.4. The highest BCUT2D eigenvalue weighted by molar-refractivity contribution is 7.15. The van der Waals surface area contributed by atoms with Gasteiger partial charge in [0.25, 0.3) is 0 Å². The third-order valence-corrected chi connectivity index (χ3v) is 6.29. The predicted molar refractivity (Wildman–Crippen MR) is 111 cm³/mol. The van der Waals surface area contributed by atoms with Crippen LogP contribution in [-0.2, 0) is 4.79 Å². The summed E-state index contributed by atoms with van der Waals surface area (Å²) in [6.07, 6.45) is 0.265. The highest BCUT2D eigenvalue weighted by Crippen LogP contribution is 2.49. The van der Waals surface area contributed by atoms with E-state index >= 15 is 0 Å². The van der Waals surface area contributed by atoms with Crippen LogP contribution in [0.25, 0.3) is 11.1 Å². The summed E-state index contributed by atoms with van der Waals surface area (Å²) in [4.78, 5) is 25.6. The number of hydrogen-bond donors (Lipinski definition) is 2. The van der Waals surface area contributed by atoms with Crippen LogP contribution in [0.3, 0.4) is 0 Å². The number of amides is 1. The van der Waals surface area contributed by atoms with Crippen LogP contribution in [0.15, 0.2) is 48.5 Å². The van der Waals surface area contributed by atoms with E-state index in [1.807, 2.05) is 24.3 Å². The fourth-order valence-electron chi connectivity index (χ4n) is 3.58. The smallest absolute Gasteiger partial charge is 0.346 e. The normalized spacial score (nSPS) is 15.4. The van der Waals surface area contributed by atoms with Crippen molar-refractivity contribution in [1.82, 2.24) is 0 Å². The lowest BCUT2D eigenvalue weighted by molar-refractivity contribution is -0.116. The molecule has 0 aliphatic carbocycles. The Hall–Kier alpha value is -3.32. The molecule has 0 bridgehead atoms. The van der Waals surface area contributed by atoms with Crippen LogP contribution in [0.5, 0.6) is 11.5 Å². The number of fused-ring (bicyclic) bond motifs is 1. The molecule has 1 aromatic heterocycles. The number of anilines is 1. The molecule has 1 atom stereocenters. The summed E-state index contributed by atoms with van der Waals surface area (Å²) in [5.41, 5.74) is 2.78. The van der Waals surface area contributed by atoms with Crippen LogP contribution in [0.2, 0.25) is 0 Å². The van der Waals surface area contributed by atoms with Gasteiger partial charge in [-0.05, 0) is 35.4 Å². The topological polar surface area (TPSA) is 84.9 Å². The zero-order valence-corrected chi connectivity index (χ0v) is 16.7. The van der Waals surface area contributed by atoms with Gasteiger partial charge in [-0.2, -0.15) is 0 Å². The van der Waals surface area contributed by atoms with Crippen LogP contribution in [0.4, 0.5) is 5.69 Å². The van der Waals surface area contributed by atoms with Gasteiger partial charge < -0.3 is 19.9 Å². The maximum atomic E-state index is 12.5. The molecule has 0 radical (unpaired) electrons. The van der Waals surface area contributed by atoms with E-state index in [0.717, 1.165) is 21.8 Å². The molecule has 2 heterocycles. The summed E-state index contributed by atoms with van der Waals surface area (Å²) in [5.74, 6) is 0.0425. The summed E-state index contributed by atoms with van der Waals surface area (Å²) in [7, 11) is 3.17. The van der Waals surface area contributed by atoms with Crippen molar-refractivity contribution in [2.24, 2.45) is 0 Å². The fraction of sp³-hybridized carbons (Fsp3) is 0.182. The number of carbonyl (C=O) groups excluding carboxylic acids is 1. The summed E-state index contributed by atoms with van der Waals surface area (Å²) in [5, 5.41) is 12.7. The Kier molecular flexibility index (Phi) is 4.98. The van der Waals surface area contributed by atoms with Gasteiger partial charge in [-0.15, -0.1) is 11.3 Å². The van der Waals surface area contributed by atoms with Crippen LogP contribution in [0.1, 0.15) is 32.5 Å². The van der Waals surface area contributed by atoms with Gasteiger partial charge in [0.05, 0.1) is 19.9 Å². The van der Waals surface area contributed by atoms with E-state index in [-0.39, 0.29) is 23.1 Å². The Labute approximate surface area is 171 Å². The number of rotatable bonds is 5. The number of methoxy groups -OCH3 is 2. The highest BCUT2D eigenvalue weighted by atomic mass is 32.1. The van der Waals surface area contributed by atoms with Crippen molar-refractivity contribution in [2.75, 3.05) is 19.5 Å². The van der Waals surface area contributed by atoms with E-state index in [1.165, 1.54) is 11.3 Å². The predicted octanol–water partition coefficient (Wildman–Crippen LogP) is 4.60. The molecule has 1 aliphatic rings. The van der Waals surface area contributed by atoms with Gasteiger partial charge in [0.15, 0.2) is 0 Å². The van der Waals surface area contributed by atoms with Crippen LogP contribution in [0, 0.1) is 0 Å². The number of hydrogen-bond acceptors (Lipinski definition) is 5. The van der Waals surface area contributed by atoms with Gasteiger partial charge in [-0.3, -0.25) is 4.79 Å². The Morgan fingerprint density at radius 2 is 1.62 bits per heavy atom. The molecule has 1 aliphatic heterocycles. The average Bonchev–Trinajstić information content (AvgIpc) is 3.13. The Morgan fingerprint density at radius 3 is 2.17 bits per heavy atom. The number of carboxylic acid groups (broad SMARTS) is 1. The van der Waals surface area contributed by atoms with Crippen molar-refractivity contribution >= 4 is 28.9 Å². The molecule has 1 amide bonds. The van der Waals surface area contributed by atoms with Crippen molar-refractivity contribution in [1.29, 1.82) is 0 Å². The maximum absolute atomic E-state index is 12.5. The van der Waals surface area contributed by atoms with Gasteiger partial charge in [0.1, 0.15) is 16.4 Å². The van der Waals surface area contributed by atoms with Gasteiger partial charge in [0.2, 0.25) is 5.91 Å². The first kappa shape index (κ1) is 19.0. The second kappa shape index (κ2) is 7.60. The first-order valence-corrected chi connectivity index (χ1v) is 9.81. The molecule has 4 rings (SSSR count). The molecular weight excluding hydrogens is 390 g/mol. The van der Waals surface area contributed by atoms with Gasteiger partial charge >= 0.3 is 5.97 Å². The standard InChI is InChI=1S/C22H19NO5S/c1-27-14-7-3-12(4-8-14)16-11-17(24)23-19-18(21(22(25)26)29-20(16)19)13-5-9-15(28-2)10-6-13/h3-10,16H,11H2,1-2H3,(H,23,24)(H,25,26)/t16-/m0/s1. The minimum atomic E-state index is -1.02. The number of nitrogens with one attached hydrogen (secondary N) is 1. The molecule has 7 heteroatoms. The number of carbonyl (C=O) groups is 2. The summed E-state index contributed by atoms with van der Waals surface area (Å²) >= 11 is 1.21. The Bertz CT molecular complexity index is 1070. The molecular formula is C22H19NO5S. The van der Waals surface area contributed by atoms with Gasteiger partial charge in [0, 0.05) is 22.8 Å². The molecule has 29 heavy (non-hydrogen) atoms. The van der Waals surface area contributed by atoms with Gasteiger partial charge in [-0.1, -0.05) is 24.3 Å². The second-order valence-corrected chi connectivity index (χ2v) is 7.71. The Balaban J connectivity index is 1.87. The molecule has 0 saturated carbocycles. The third kappa shape index (κ3) is 3.45. The van der Waals surface area contributed by atoms with Crippen LogP contribution < -0.4 is 14.8 Å². The van der Waals surface area contributed by atoms with E-state index in [4.69, 9.17) is 9.47 Å². The minimum Gasteiger partial charge on any atom is -0.497 e. The molecule has 0 saturated heterocycles. The number of thiophene rings is 1. The maximum Gasteiger partial charge on any atom is 0.346 e. The van der Waals surface area contributed by atoms with Crippen LogP contribution >= 0.6 is 11.3 Å². The average molecular weight is 409 g/mol. The third-order valence-electron chi connectivity index (χ3n) is 5.00.